The highest BCUT2D eigenvalue weighted by Crippen LogP contribution is 2.53. The third kappa shape index (κ3) is 7.65. The molecule has 4 aliphatic rings. The van der Waals surface area contributed by atoms with Crippen LogP contribution >= 0.6 is 0 Å². The van der Waals surface area contributed by atoms with Gasteiger partial charge in [-0.3, -0.25) is 0 Å². The lowest BCUT2D eigenvalue weighted by Gasteiger charge is -2.41. The van der Waals surface area contributed by atoms with Crippen molar-refractivity contribution in [1.29, 1.82) is 0 Å². The summed E-state index contributed by atoms with van der Waals surface area (Å²) in [6, 6.07) is 118. The Labute approximate surface area is 547 Å². The molecule has 0 fully saturated rings. The molecular formula is C88H58B2N4. The molecule has 0 bridgehead atoms. The Hall–Kier alpha value is -11.9. The molecule has 4 nitrogen and oxygen atoms in total. The van der Waals surface area contributed by atoms with Gasteiger partial charge in [0.05, 0.1) is 11.0 Å². The van der Waals surface area contributed by atoms with Crippen molar-refractivity contribution in [2.24, 2.45) is 0 Å². The number of hydrogen-bond donors (Lipinski definition) is 0. The van der Waals surface area contributed by atoms with Crippen LogP contribution in [-0.2, 0) is 0 Å². The lowest BCUT2D eigenvalue weighted by molar-refractivity contribution is 1.25. The Morgan fingerprint density at radius 3 is 0.883 bits per heavy atom. The fourth-order valence-corrected chi connectivity index (χ4v) is 16.9. The number of rotatable bonds is 8. The van der Waals surface area contributed by atoms with Crippen LogP contribution in [0.3, 0.4) is 0 Å². The van der Waals surface area contributed by atoms with E-state index < -0.39 is 0 Å². The van der Waals surface area contributed by atoms with E-state index in [-0.39, 0.29) is 13.7 Å². The average Bonchev–Trinajstić information content (AvgIpc) is 1.45. The molecule has 2 aromatic heterocycles. The Morgan fingerprint density at radius 1 is 0.234 bits per heavy atom. The summed E-state index contributed by atoms with van der Waals surface area (Å²) < 4.78 is 5.61. The predicted octanol–water partition coefficient (Wildman–Crippen LogP) is 20.2. The van der Waals surface area contributed by atoms with Gasteiger partial charge in [0, 0.05) is 67.1 Å². The second-order valence-electron chi connectivity index (χ2n) is 26.0. The molecule has 0 aliphatic carbocycles. The van der Waals surface area contributed by atoms with Crippen molar-refractivity contribution in [2.45, 2.75) is 13.8 Å². The van der Waals surface area contributed by atoms with Crippen LogP contribution in [0.5, 0.6) is 0 Å². The molecule has 0 spiro atoms. The van der Waals surface area contributed by atoms with E-state index in [0.717, 1.165) is 11.4 Å². The van der Waals surface area contributed by atoms with Gasteiger partial charge in [0.15, 0.2) is 0 Å². The third-order valence-corrected chi connectivity index (χ3v) is 20.8. The topological polar surface area (TPSA) is 16.3 Å². The quantitative estimate of drug-likeness (QED) is 0.141. The number of nitrogens with zero attached hydrogens (tertiary/aromatic N) is 4. The van der Waals surface area contributed by atoms with E-state index in [9.17, 15) is 0 Å². The molecule has 6 heteroatoms. The lowest BCUT2D eigenvalue weighted by atomic mass is 9.44. The minimum atomic E-state index is -0.178. The molecule has 436 valence electrons. The predicted molar refractivity (Wildman–Crippen MR) is 398 cm³/mol. The molecule has 0 unspecified atom stereocenters. The second-order valence-corrected chi connectivity index (χ2v) is 26.0. The van der Waals surface area contributed by atoms with Gasteiger partial charge in [-0.05, 0) is 185 Å². The van der Waals surface area contributed by atoms with Gasteiger partial charge in [-0.25, -0.2) is 0 Å². The van der Waals surface area contributed by atoms with Crippen molar-refractivity contribution in [2.75, 3.05) is 9.80 Å². The Kier molecular flexibility index (Phi) is 11.4. The largest absolute Gasteiger partial charge is 0.374 e. The maximum absolute atomic E-state index is 2.81. The first kappa shape index (κ1) is 52.9. The summed E-state index contributed by atoms with van der Waals surface area (Å²) in [5, 5.41) is 2.53. The first-order valence-electron chi connectivity index (χ1n) is 32.9. The van der Waals surface area contributed by atoms with E-state index in [4.69, 9.17) is 0 Å². The summed E-state index contributed by atoms with van der Waals surface area (Å²) in [4.78, 5) is 5.20. The highest BCUT2D eigenvalue weighted by molar-refractivity contribution is 6.92. The first-order valence-corrected chi connectivity index (χ1v) is 32.9. The van der Waals surface area contributed by atoms with Crippen LogP contribution in [0.1, 0.15) is 11.1 Å². The van der Waals surface area contributed by atoms with Crippen LogP contribution < -0.4 is 31.7 Å². The number of hydrogen-bond acceptors (Lipinski definition) is 2. The van der Waals surface area contributed by atoms with Crippen LogP contribution in [0.25, 0.3) is 122 Å². The maximum atomic E-state index is 2.81. The van der Waals surface area contributed by atoms with Crippen molar-refractivity contribution in [1.82, 2.24) is 8.96 Å². The van der Waals surface area contributed by atoms with Gasteiger partial charge in [-0.2, -0.15) is 0 Å². The molecule has 0 saturated heterocycles. The highest BCUT2D eigenvalue weighted by atomic mass is 15.2. The van der Waals surface area contributed by atoms with E-state index >= 15 is 0 Å². The van der Waals surface area contributed by atoms with Gasteiger partial charge in [0.1, 0.15) is 0 Å². The Morgan fingerprint density at radius 2 is 0.553 bits per heavy atom. The van der Waals surface area contributed by atoms with Crippen LogP contribution in [-0.4, -0.2) is 22.7 Å². The van der Waals surface area contributed by atoms with Crippen LogP contribution in [0.15, 0.2) is 315 Å². The summed E-state index contributed by atoms with van der Waals surface area (Å²) in [5.74, 6) is 0. The molecular weight excluding hydrogens is 1130 g/mol. The van der Waals surface area contributed by atoms with Crippen molar-refractivity contribution in [3.63, 3.8) is 0 Å². The van der Waals surface area contributed by atoms with Gasteiger partial charge in [-0.1, -0.05) is 255 Å². The molecule has 0 N–H and O–H groups in total. The third-order valence-electron chi connectivity index (χ3n) is 20.8. The van der Waals surface area contributed by atoms with E-state index in [2.05, 4.69) is 348 Å². The minimum absolute atomic E-state index is 0.178. The molecule has 0 saturated carbocycles. The lowest BCUT2D eigenvalue weighted by Crippen LogP contribution is -2.57. The number of benzene rings is 14. The monoisotopic (exact) mass is 1190 g/mol. The van der Waals surface area contributed by atoms with E-state index in [1.165, 1.54) is 178 Å². The molecule has 20 rings (SSSR count). The molecule has 6 heterocycles. The van der Waals surface area contributed by atoms with E-state index in [0.29, 0.717) is 0 Å². The number of anilines is 6. The number of fused-ring (bicyclic) bond motifs is 13. The van der Waals surface area contributed by atoms with Crippen molar-refractivity contribution < 1.29 is 0 Å². The molecule has 0 atom stereocenters. The van der Waals surface area contributed by atoms with Crippen LogP contribution in [0.2, 0.25) is 0 Å². The fraction of sp³-hybridized carbons (Fsp3) is 0.0227. The zero-order valence-electron chi connectivity index (χ0n) is 52.0. The highest BCUT2D eigenvalue weighted by Gasteiger charge is 2.48. The average molecular weight is 1190 g/mol. The summed E-state index contributed by atoms with van der Waals surface area (Å²) in [5.41, 5.74) is 39.2. The summed E-state index contributed by atoms with van der Waals surface area (Å²) in [6.07, 6.45) is 0. The van der Waals surface area contributed by atoms with Crippen LogP contribution in [0.4, 0.5) is 34.1 Å². The molecule has 0 amide bonds. The van der Waals surface area contributed by atoms with Gasteiger partial charge in [0.2, 0.25) is 0 Å². The Bertz CT molecular complexity index is 5340. The van der Waals surface area contributed by atoms with Gasteiger partial charge in [0.25, 0.3) is 0 Å². The van der Waals surface area contributed by atoms with Crippen molar-refractivity contribution in [3.05, 3.63) is 327 Å². The zero-order chi connectivity index (χ0) is 61.9. The van der Waals surface area contributed by atoms with Crippen LogP contribution in [0, 0.1) is 13.8 Å². The molecule has 14 aromatic carbocycles. The Balaban J connectivity index is 0.872. The van der Waals surface area contributed by atoms with Gasteiger partial charge >= 0.3 is 13.7 Å². The standard InChI is InChI=1S/C88H58B2N4/c1-55-39-45-77-83-81(55)71-35-21-37-73-85(71)93(89(83)75-43-41-63(57-23-9-3-10-24-57)53-79(75)91(77)69-49-65(59-27-13-5-14-28-59)47-66(50-69)60-29-15-6-16-30-60)88-74-38-22-36-72-82-56(2)40-46-78-84(82)90(94(86(72)74)87(73)88)76-44-42-64(58-25-11-4-12-26-58)54-80(76)92(78)70-51-67(61-31-17-7-18-32-61)48-68(52-70)62-33-19-8-20-34-62/h3-54H,1-2H3. The molecule has 94 heavy (non-hydrogen) atoms. The normalized spacial score (nSPS) is 12.9. The first-order chi connectivity index (χ1) is 46.5. The van der Waals surface area contributed by atoms with Gasteiger partial charge in [-0.15, -0.1) is 0 Å². The molecule has 16 aromatic rings. The SMILES string of the molecule is Cc1ccc2c3c1-c1cccc4c1n(c1c5cccc6c5n(c41)B1c4ccc(-c5ccccc5)cc4N(c4cc(-c5ccccc5)cc(-c5ccccc5)c4)c4ccc(C)c-6c41)B3c1ccc(-c3ccccc3)cc1N2c1cc(-c2ccccc2)cc(-c2ccccc2)c1. The number of para-hydroxylation sites is 2. The summed E-state index contributed by atoms with van der Waals surface area (Å²) in [6.45, 7) is 4.31. The molecule has 4 aliphatic heterocycles. The summed E-state index contributed by atoms with van der Waals surface area (Å²) in [7, 11) is 0. The van der Waals surface area contributed by atoms with E-state index in [1.807, 2.05) is 0 Å². The maximum Gasteiger partial charge on any atom is 0.333 e. The van der Waals surface area contributed by atoms with Gasteiger partial charge < -0.3 is 18.8 Å². The fourth-order valence-electron chi connectivity index (χ4n) is 16.9. The number of aromatic nitrogens is 2. The van der Waals surface area contributed by atoms with Crippen molar-refractivity contribution in [3.8, 4) is 89.0 Å². The smallest absolute Gasteiger partial charge is 0.333 e. The van der Waals surface area contributed by atoms with E-state index in [1.54, 1.807) is 0 Å². The van der Waals surface area contributed by atoms with Crippen molar-refractivity contribution >= 4 is 103 Å². The zero-order valence-corrected chi connectivity index (χ0v) is 52.0. The second kappa shape index (κ2) is 20.3. The number of aryl methyl sites for hydroxylation is 2. The molecule has 0 radical (unpaired) electrons. The summed E-state index contributed by atoms with van der Waals surface area (Å²) >= 11 is 0. The minimum Gasteiger partial charge on any atom is -0.374 e.